The molecule has 3 aromatic carbocycles. The van der Waals surface area contributed by atoms with Gasteiger partial charge in [0.15, 0.2) is 0 Å². The van der Waals surface area contributed by atoms with Crippen LogP contribution in [0.3, 0.4) is 0 Å². The first-order chi connectivity index (χ1) is 14.8. The highest BCUT2D eigenvalue weighted by Crippen LogP contribution is 2.28. The van der Waals surface area contributed by atoms with Gasteiger partial charge in [0.25, 0.3) is 5.91 Å². The molecule has 5 nitrogen and oxygen atoms in total. The van der Waals surface area contributed by atoms with Crippen molar-refractivity contribution in [1.29, 1.82) is 0 Å². The zero-order valence-electron chi connectivity index (χ0n) is 16.0. The first-order valence-electron chi connectivity index (χ1n) is 8.79. The Hall–Kier alpha value is -2.75. The van der Waals surface area contributed by atoms with Gasteiger partial charge in [-0.1, -0.05) is 30.5 Å². The lowest BCUT2D eigenvalue weighted by Crippen LogP contribution is -2.26. The van der Waals surface area contributed by atoms with E-state index < -0.39 is 29.1 Å². The van der Waals surface area contributed by atoms with Crippen LogP contribution in [0.25, 0.3) is 0 Å². The third-order valence-electron chi connectivity index (χ3n) is 4.16. The summed E-state index contributed by atoms with van der Waals surface area (Å²) in [6, 6.07) is 13.8. The van der Waals surface area contributed by atoms with Crippen molar-refractivity contribution in [3.05, 3.63) is 82.9 Å². The Bertz CT molecular complexity index is 1110. The summed E-state index contributed by atoms with van der Waals surface area (Å²) in [5.41, 5.74) is 0.524. The maximum atomic E-state index is 13.7. The number of anilines is 3. The minimum Gasteiger partial charge on any atom is -0.322 e. The molecular weight excluding hydrogens is 464 g/mol. The zero-order chi connectivity index (χ0) is 22.5. The third-order valence-corrected chi connectivity index (χ3v) is 5.79. The fourth-order valence-electron chi connectivity index (χ4n) is 2.63. The number of hydrogen-bond donors (Lipinski definition) is 3. The molecule has 0 radical (unpaired) electrons. The lowest BCUT2D eigenvalue weighted by Gasteiger charge is -2.17. The molecule has 0 aliphatic heterocycles. The molecule has 0 fully saturated rings. The van der Waals surface area contributed by atoms with Crippen LogP contribution in [-0.4, -0.2) is 18.2 Å². The molecule has 0 aromatic heterocycles. The quantitative estimate of drug-likeness (QED) is 0.290. The van der Waals surface area contributed by atoms with Crippen LogP contribution in [-0.2, 0) is 0 Å². The summed E-state index contributed by atoms with van der Waals surface area (Å²) < 4.78 is 28.5. The molecule has 2 N–H and O–H groups in total. The molecule has 0 unspecified atom stereocenters. The summed E-state index contributed by atoms with van der Waals surface area (Å²) in [5.74, 6) is -2.84. The maximum absolute atomic E-state index is 13.7. The van der Waals surface area contributed by atoms with Gasteiger partial charge in [-0.3, -0.25) is 4.79 Å². The number of urea groups is 1. The van der Waals surface area contributed by atoms with E-state index in [0.717, 1.165) is 21.3 Å². The Morgan fingerprint density at radius 3 is 2.16 bits per heavy atom. The Labute approximate surface area is 192 Å². The average molecular weight is 480 g/mol. The summed E-state index contributed by atoms with van der Waals surface area (Å²) in [6.45, 7) is 0. The van der Waals surface area contributed by atoms with E-state index in [2.05, 4.69) is 23.4 Å². The minimum atomic E-state index is -0.960. The van der Waals surface area contributed by atoms with E-state index in [1.165, 1.54) is 42.1 Å². The van der Waals surface area contributed by atoms with Crippen LogP contribution in [0.15, 0.2) is 65.6 Å². The van der Waals surface area contributed by atoms with E-state index in [0.29, 0.717) is 16.4 Å². The van der Waals surface area contributed by atoms with Gasteiger partial charge in [0.1, 0.15) is 17.2 Å². The lowest BCUT2D eigenvalue weighted by molar-refractivity contribution is 0.101. The summed E-state index contributed by atoms with van der Waals surface area (Å²) in [6.07, 6.45) is 1.90. The van der Waals surface area contributed by atoms with Crippen molar-refractivity contribution in [3.63, 3.8) is 0 Å². The summed E-state index contributed by atoms with van der Waals surface area (Å²) in [5, 5.41) is 5.61. The van der Waals surface area contributed by atoms with E-state index in [1.54, 1.807) is 18.2 Å². The van der Waals surface area contributed by atoms with Crippen LogP contribution in [0.4, 0.5) is 30.6 Å². The predicted octanol–water partition coefficient (Wildman–Crippen LogP) is 6.48. The molecule has 160 valence electrons. The van der Waals surface area contributed by atoms with Crippen molar-refractivity contribution in [1.82, 2.24) is 0 Å². The zero-order valence-corrected chi connectivity index (χ0v) is 18.5. The summed E-state index contributed by atoms with van der Waals surface area (Å²) in [4.78, 5) is 25.5. The van der Waals surface area contributed by atoms with Crippen LogP contribution >= 0.6 is 36.2 Å². The fraction of sp³-hybridized carbons (Fsp3) is 0.0476. The number of thioether (sulfide) groups is 1. The van der Waals surface area contributed by atoms with Crippen LogP contribution < -0.4 is 14.9 Å². The molecule has 31 heavy (non-hydrogen) atoms. The van der Waals surface area contributed by atoms with E-state index in [1.807, 2.05) is 6.26 Å². The molecule has 10 heteroatoms. The topological polar surface area (TPSA) is 61.4 Å². The van der Waals surface area contributed by atoms with E-state index >= 15 is 0 Å². The highest BCUT2D eigenvalue weighted by atomic mass is 35.5. The summed E-state index contributed by atoms with van der Waals surface area (Å²) >= 11 is 11.8. The smallest absolute Gasteiger partial charge is 0.322 e. The van der Waals surface area contributed by atoms with Crippen LogP contribution in [0, 0.1) is 11.6 Å². The van der Waals surface area contributed by atoms with Crippen molar-refractivity contribution < 1.29 is 18.4 Å². The molecule has 0 saturated heterocycles. The number of halogens is 3. The summed E-state index contributed by atoms with van der Waals surface area (Å²) in [7, 11) is 0. The standard InChI is InChI=1S/C21H16ClF2N3O2S2/c1-31-18-10-7-13(11-15(18)22)26-21(29)27(30)14-8-5-12(6-9-14)25-20(28)19-16(23)3-2-4-17(19)24/h2-11,30H,1H3,(H,25,28)(H,26,29). The highest BCUT2D eigenvalue weighted by Gasteiger charge is 2.18. The van der Waals surface area contributed by atoms with Crippen molar-refractivity contribution in [2.45, 2.75) is 4.90 Å². The predicted molar refractivity (Wildman–Crippen MR) is 124 cm³/mol. The molecule has 0 aliphatic carbocycles. The molecule has 3 rings (SSSR count). The number of carbonyl (C=O) groups is 2. The van der Waals surface area contributed by atoms with Crippen molar-refractivity contribution >= 4 is 65.2 Å². The molecule has 0 spiro atoms. The first-order valence-corrected chi connectivity index (χ1v) is 10.8. The fourth-order valence-corrected chi connectivity index (χ4v) is 3.69. The van der Waals surface area contributed by atoms with E-state index in [9.17, 15) is 18.4 Å². The second-order valence-electron chi connectivity index (χ2n) is 6.19. The second kappa shape index (κ2) is 10.0. The SMILES string of the molecule is CSc1ccc(NC(=O)N(S)c2ccc(NC(=O)c3c(F)cccc3F)cc2)cc1Cl. The van der Waals surface area contributed by atoms with Crippen molar-refractivity contribution in [2.75, 3.05) is 21.2 Å². The number of nitrogens with one attached hydrogen (secondary N) is 2. The van der Waals surface area contributed by atoms with Gasteiger partial charge >= 0.3 is 6.03 Å². The number of benzene rings is 3. The van der Waals surface area contributed by atoms with Crippen molar-refractivity contribution in [3.8, 4) is 0 Å². The Morgan fingerprint density at radius 1 is 0.968 bits per heavy atom. The molecule has 0 saturated carbocycles. The normalized spacial score (nSPS) is 10.5. The van der Waals surface area contributed by atoms with Gasteiger partial charge in [0.05, 0.1) is 10.7 Å². The van der Waals surface area contributed by atoms with E-state index in [4.69, 9.17) is 11.6 Å². The van der Waals surface area contributed by atoms with Gasteiger partial charge in [-0.25, -0.2) is 17.9 Å². The minimum absolute atomic E-state index is 0.290. The van der Waals surface area contributed by atoms with Crippen LogP contribution in [0.5, 0.6) is 0 Å². The average Bonchev–Trinajstić information content (AvgIpc) is 2.74. The Kier molecular flexibility index (Phi) is 7.42. The first kappa shape index (κ1) is 22.9. The van der Waals surface area contributed by atoms with Gasteiger partial charge in [-0.15, -0.1) is 11.8 Å². The van der Waals surface area contributed by atoms with Crippen LogP contribution in [0.1, 0.15) is 10.4 Å². The lowest BCUT2D eigenvalue weighted by atomic mass is 10.1. The molecule has 3 amide bonds. The molecular formula is C21H16ClF2N3O2S2. The maximum Gasteiger partial charge on any atom is 0.336 e. The van der Waals surface area contributed by atoms with Gasteiger partial charge < -0.3 is 10.6 Å². The Balaban J connectivity index is 1.67. The number of amides is 3. The van der Waals surface area contributed by atoms with Gasteiger partial charge in [-0.05, 0) is 60.9 Å². The van der Waals surface area contributed by atoms with Crippen molar-refractivity contribution in [2.24, 2.45) is 0 Å². The van der Waals surface area contributed by atoms with Gasteiger partial charge in [0, 0.05) is 16.3 Å². The number of hydrogen-bond acceptors (Lipinski definition) is 4. The van der Waals surface area contributed by atoms with Gasteiger partial charge in [0.2, 0.25) is 0 Å². The highest BCUT2D eigenvalue weighted by molar-refractivity contribution is 7.98. The molecule has 3 aromatic rings. The van der Waals surface area contributed by atoms with Gasteiger partial charge in [-0.2, -0.15) is 0 Å². The molecule has 0 heterocycles. The number of nitrogens with zero attached hydrogens (tertiary/aromatic N) is 1. The molecule has 0 atom stereocenters. The number of thiol groups is 1. The molecule has 0 aliphatic rings. The van der Waals surface area contributed by atoms with Crippen LogP contribution in [0.2, 0.25) is 5.02 Å². The molecule has 0 bridgehead atoms. The second-order valence-corrected chi connectivity index (χ2v) is 7.84. The largest absolute Gasteiger partial charge is 0.336 e. The monoisotopic (exact) mass is 479 g/mol. The van der Waals surface area contributed by atoms with E-state index in [-0.39, 0.29) is 5.69 Å². The number of rotatable bonds is 5. The third kappa shape index (κ3) is 5.49. The Morgan fingerprint density at radius 2 is 1.58 bits per heavy atom. The number of carbonyl (C=O) groups excluding carboxylic acids is 2.